The van der Waals surface area contributed by atoms with E-state index in [-0.39, 0.29) is 5.75 Å². The van der Waals surface area contributed by atoms with Gasteiger partial charge in [-0.1, -0.05) is 22.9 Å². The fraction of sp³-hybridized carbons (Fsp3) is 0.417. The quantitative estimate of drug-likeness (QED) is 0.751. The first-order valence-electron chi connectivity index (χ1n) is 5.62. The zero-order chi connectivity index (χ0) is 14.5. The highest BCUT2D eigenvalue weighted by molar-refractivity contribution is 9.10. The van der Waals surface area contributed by atoms with Crippen LogP contribution >= 0.6 is 27.7 Å². The number of carboxylic acids is 1. The number of thioether (sulfide) groups is 1. The molecule has 1 rings (SSSR count). The third-order valence-corrected chi connectivity index (χ3v) is 6.21. The lowest BCUT2D eigenvalue weighted by atomic mass is 10.2. The lowest BCUT2D eigenvalue weighted by Crippen LogP contribution is -2.14. The molecule has 1 unspecified atom stereocenters. The predicted molar refractivity (Wildman–Crippen MR) is 80.3 cm³/mol. The molecule has 0 aliphatic rings. The van der Waals surface area contributed by atoms with Crippen molar-refractivity contribution in [3.05, 3.63) is 28.7 Å². The van der Waals surface area contributed by atoms with E-state index in [2.05, 4.69) is 15.9 Å². The Kier molecular flexibility index (Phi) is 6.35. The van der Waals surface area contributed by atoms with Crippen LogP contribution in [0.3, 0.4) is 0 Å². The SMILES string of the molecule is CC(CSCCS(=O)(=O)c1ccc(Br)cc1)C(=O)O. The van der Waals surface area contributed by atoms with Crippen LogP contribution in [0.25, 0.3) is 0 Å². The monoisotopic (exact) mass is 366 g/mol. The summed E-state index contributed by atoms with van der Waals surface area (Å²) in [5.41, 5.74) is 0. The molecule has 1 N–H and O–H groups in total. The molecule has 0 aromatic heterocycles. The first-order chi connectivity index (χ1) is 8.83. The average molecular weight is 367 g/mol. The van der Waals surface area contributed by atoms with Gasteiger partial charge in [0.15, 0.2) is 9.84 Å². The molecule has 4 nitrogen and oxygen atoms in total. The number of sulfone groups is 1. The Labute approximate surface area is 125 Å². The molecule has 106 valence electrons. The minimum absolute atomic E-state index is 0.0195. The number of hydrogen-bond donors (Lipinski definition) is 1. The molecule has 1 atom stereocenters. The van der Waals surface area contributed by atoms with E-state index in [1.165, 1.54) is 11.8 Å². The van der Waals surface area contributed by atoms with Gasteiger partial charge in [0.2, 0.25) is 0 Å². The molecule has 0 radical (unpaired) electrons. The van der Waals surface area contributed by atoms with Crippen molar-refractivity contribution in [2.24, 2.45) is 5.92 Å². The number of hydrogen-bond acceptors (Lipinski definition) is 4. The fourth-order valence-electron chi connectivity index (χ4n) is 1.26. The van der Waals surface area contributed by atoms with Gasteiger partial charge in [-0.2, -0.15) is 11.8 Å². The molecular weight excluding hydrogens is 352 g/mol. The van der Waals surface area contributed by atoms with Gasteiger partial charge in [-0.15, -0.1) is 0 Å². The topological polar surface area (TPSA) is 71.4 Å². The van der Waals surface area contributed by atoms with E-state index in [9.17, 15) is 13.2 Å². The van der Waals surface area contributed by atoms with Crippen LogP contribution in [0.2, 0.25) is 0 Å². The zero-order valence-corrected chi connectivity index (χ0v) is 13.6. The van der Waals surface area contributed by atoms with Crippen molar-refractivity contribution >= 4 is 43.5 Å². The van der Waals surface area contributed by atoms with Crippen molar-refractivity contribution < 1.29 is 18.3 Å². The lowest BCUT2D eigenvalue weighted by Gasteiger charge is -2.07. The molecule has 7 heteroatoms. The highest BCUT2D eigenvalue weighted by atomic mass is 79.9. The number of carbonyl (C=O) groups is 1. The third kappa shape index (κ3) is 5.54. The molecule has 0 heterocycles. The van der Waals surface area contributed by atoms with Crippen molar-refractivity contribution in [2.45, 2.75) is 11.8 Å². The number of aliphatic carboxylic acids is 1. The Bertz CT molecular complexity index is 525. The van der Waals surface area contributed by atoms with Crippen LogP contribution in [-0.4, -0.2) is 36.8 Å². The van der Waals surface area contributed by atoms with Crippen LogP contribution in [0.1, 0.15) is 6.92 Å². The van der Waals surface area contributed by atoms with E-state index in [4.69, 9.17) is 5.11 Å². The van der Waals surface area contributed by atoms with Gasteiger partial charge in [0.1, 0.15) is 0 Å². The molecule has 0 spiro atoms. The Morgan fingerprint density at radius 2 is 1.95 bits per heavy atom. The summed E-state index contributed by atoms with van der Waals surface area (Å²) in [7, 11) is -3.28. The van der Waals surface area contributed by atoms with Crippen LogP contribution in [0.15, 0.2) is 33.6 Å². The maximum absolute atomic E-state index is 12.0. The van der Waals surface area contributed by atoms with Gasteiger partial charge >= 0.3 is 5.97 Å². The number of halogens is 1. The minimum Gasteiger partial charge on any atom is -0.481 e. The van der Waals surface area contributed by atoms with Gasteiger partial charge in [0.05, 0.1) is 16.6 Å². The van der Waals surface area contributed by atoms with Gasteiger partial charge in [-0.05, 0) is 24.3 Å². The van der Waals surface area contributed by atoms with E-state index in [0.29, 0.717) is 16.4 Å². The summed E-state index contributed by atoms with van der Waals surface area (Å²) in [5, 5.41) is 8.71. The van der Waals surface area contributed by atoms with Gasteiger partial charge in [-0.25, -0.2) is 8.42 Å². The molecule has 0 fully saturated rings. The van der Waals surface area contributed by atoms with Crippen molar-refractivity contribution in [2.75, 3.05) is 17.3 Å². The fourth-order valence-corrected chi connectivity index (χ4v) is 4.32. The molecule has 0 aliphatic heterocycles. The largest absolute Gasteiger partial charge is 0.481 e. The summed E-state index contributed by atoms with van der Waals surface area (Å²) >= 11 is 4.60. The Morgan fingerprint density at radius 3 is 2.47 bits per heavy atom. The first kappa shape index (κ1) is 16.5. The minimum atomic E-state index is -3.28. The van der Waals surface area contributed by atoms with Crippen molar-refractivity contribution in [3.63, 3.8) is 0 Å². The molecule has 0 amide bonds. The Balaban J connectivity index is 2.48. The van der Waals surface area contributed by atoms with Crippen molar-refractivity contribution in [1.82, 2.24) is 0 Å². The van der Waals surface area contributed by atoms with Crippen LogP contribution in [-0.2, 0) is 14.6 Å². The number of rotatable bonds is 7. The zero-order valence-electron chi connectivity index (χ0n) is 10.4. The molecule has 0 saturated heterocycles. The van der Waals surface area contributed by atoms with Crippen LogP contribution < -0.4 is 0 Å². The van der Waals surface area contributed by atoms with Crippen LogP contribution in [0.4, 0.5) is 0 Å². The summed E-state index contributed by atoms with van der Waals surface area (Å²) in [6.45, 7) is 1.61. The van der Waals surface area contributed by atoms with Crippen LogP contribution in [0.5, 0.6) is 0 Å². The molecule has 0 bridgehead atoms. The summed E-state index contributed by atoms with van der Waals surface area (Å²) in [5.74, 6) is -0.476. The second kappa shape index (κ2) is 7.31. The average Bonchev–Trinajstić information content (AvgIpc) is 2.34. The molecule has 1 aromatic carbocycles. The van der Waals surface area contributed by atoms with Gasteiger partial charge in [0, 0.05) is 16.0 Å². The molecule has 0 saturated carbocycles. The van der Waals surface area contributed by atoms with E-state index >= 15 is 0 Å². The highest BCUT2D eigenvalue weighted by Gasteiger charge is 2.15. The van der Waals surface area contributed by atoms with Crippen molar-refractivity contribution in [3.8, 4) is 0 Å². The molecular formula is C12H15BrO4S2. The summed E-state index contributed by atoms with van der Waals surface area (Å²) in [6, 6.07) is 6.49. The van der Waals surface area contributed by atoms with Crippen molar-refractivity contribution in [1.29, 1.82) is 0 Å². The third-order valence-electron chi connectivity index (χ3n) is 2.46. The molecule has 1 aromatic rings. The molecule has 0 aliphatic carbocycles. The predicted octanol–water partition coefficient (Wildman–Crippen LogP) is 2.68. The number of carboxylic acid groups (broad SMARTS) is 1. The van der Waals surface area contributed by atoms with E-state index in [1.807, 2.05) is 0 Å². The van der Waals surface area contributed by atoms with Gasteiger partial charge in [0.25, 0.3) is 0 Å². The Hall–Kier alpha value is -0.530. The van der Waals surface area contributed by atoms with E-state index in [0.717, 1.165) is 4.47 Å². The normalized spacial score (nSPS) is 13.2. The van der Waals surface area contributed by atoms with Gasteiger partial charge < -0.3 is 5.11 Å². The lowest BCUT2D eigenvalue weighted by molar-refractivity contribution is -0.140. The second-order valence-corrected chi connectivity index (χ2v) is 8.26. The smallest absolute Gasteiger partial charge is 0.307 e. The maximum Gasteiger partial charge on any atom is 0.307 e. The summed E-state index contributed by atoms with van der Waals surface area (Å²) in [4.78, 5) is 10.9. The second-order valence-electron chi connectivity index (χ2n) is 4.09. The standard InChI is InChI=1S/C12H15BrO4S2/c1-9(12(14)15)8-18-6-7-19(16,17)11-4-2-10(13)3-5-11/h2-5,9H,6-8H2,1H3,(H,14,15). The Morgan fingerprint density at radius 1 is 1.37 bits per heavy atom. The highest BCUT2D eigenvalue weighted by Crippen LogP contribution is 2.17. The van der Waals surface area contributed by atoms with E-state index in [1.54, 1.807) is 31.2 Å². The molecule has 19 heavy (non-hydrogen) atoms. The first-order valence-corrected chi connectivity index (χ1v) is 9.22. The van der Waals surface area contributed by atoms with Crippen LogP contribution in [0, 0.1) is 5.92 Å². The maximum atomic E-state index is 12.0. The summed E-state index contributed by atoms with van der Waals surface area (Å²) < 4.78 is 24.8. The summed E-state index contributed by atoms with van der Waals surface area (Å²) in [6.07, 6.45) is 0. The van der Waals surface area contributed by atoms with E-state index < -0.39 is 21.7 Å². The van der Waals surface area contributed by atoms with Gasteiger partial charge in [-0.3, -0.25) is 4.79 Å². The number of benzene rings is 1.